The van der Waals surface area contributed by atoms with Crippen molar-refractivity contribution < 1.29 is 14.3 Å². The summed E-state index contributed by atoms with van der Waals surface area (Å²) >= 11 is 0. The Balaban J connectivity index is 0.00000400. The fourth-order valence-corrected chi connectivity index (χ4v) is 1.69. The second-order valence-corrected chi connectivity index (χ2v) is 5.85. The highest BCUT2D eigenvalue weighted by molar-refractivity contribution is 5.96. The zero-order valence-corrected chi connectivity index (χ0v) is 13.8. The summed E-state index contributed by atoms with van der Waals surface area (Å²) in [6.07, 6.45) is 0. The highest BCUT2D eigenvalue weighted by Crippen LogP contribution is 2.20. The Morgan fingerprint density at radius 2 is 1.86 bits per heavy atom. The van der Waals surface area contributed by atoms with Crippen LogP contribution < -0.4 is 11.1 Å². The van der Waals surface area contributed by atoms with Gasteiger partial charge in [-0.15, -0.1) is 12.4 Å². The number of carbonyl (C=O) groups excluding carboxylic acids is 2. The first-order valence-corrected chi connectivity index (χ1v) is 6.42. The Bertz CT molecular complexity index is 524. The molecule has 0 spiro atoms. The number of methoxy groups -OCH3 is 1. The number of benzene rings is 1. The van der Waals surface area contributed by atoms with Crippen LogP contribution in [0.15, 0.2) is 18.2 Å². The molecule has 118 valence electrons. The first-order chi connectivity index (χ1) is 9.16. The van der Waals surface area contributed by atoms with Crippen molar-refractivity contribution in [1.29, 1.82) is 0 Å². The summed E-state index contributed by atoms with van der Waals surface area (Å²) < 4.78 is 4.67. The van der Waals surface area contributed by atoms with Gasteiger partial charge in [0.05, 0.1) is 18.7 Å². The van der Waals surface area contributed by atoms with Crippen molar-refractivity contribution in [3.63, 3.8) is 0 Å². The molecule has 0 aliphatic carbocycles. The second-order valence-electron chi connectivity index (χ2n) is 5.85. The molecule has 1 rings (SSSR count). The number of halogens is 1. The largest absolute Gasteiger partial charge is 0.465 e. The second kappa shape index (κ2) is 7.43. The molecule has 0 aromatic heterocycles. The van der Waals surface area contributed by atoms with E-state index in [9.17, 15) is 9.59 Å². The third-order valence-corrected chi connectivity index (χ3v) is 3.11. The molecule has 0 radical (unpaired) electrons. The number of rotatable bonds is 3. The molecule has 6 heteroatoms. The molecule has 1 aromatic rings. The lowest BCUT2D eigenvalue weighted by molar-refractivity contribution is -0.119. The van der Waals surface area contributed by atoms with Gasteiger partial charge in [0.1, 0.15) is 0 Å². The fourth-order valence-electron chi connectivity index (χ4n) is 1.69. The third-order valence-electron chi connectivity index (χ3n) is 3.11. The predicted molar refractivity (Wildman–Crippen MR) is 85.8 cm³/mol. The number of nitrogens with one attached hydrogen (secondary N) is 1. The van der Waals surface area contributed by atoms with Gasteiger partial charge in [-0.1, -0.05) is 20.8 Å². The monoisotopic (exact) mass is 314 g/mol. The average molecular weight is 315 g/mol. The summed E-state index contributed by atoms with van der Waals surface area (Å²) in [5.41, 5.74) is 7.40. The van der Waals surface area contributed by atoms with Gasteiger partial charge in [-0.2, -0.15) is 0 Å². The maximum atomic E-state index is 12.0. The lowest BCUT2D eigenvalue weighted by Crippen LogP contribution is -2.45. The zero-order chi connectivity index (χ0) is 15.5. The van der Waals surface area contributed by atoms with Crippen molar-refractivity contribution >= 4 is 30.0 Å². The van der Waals surface area contributed by atoms with Gasteiger partial charge in [0, 0.05) is 5.69 Å². The van der Waals surface area contributed by atoms with E-state index in [1.807, 2.05) is 20.8 Å². The van der Waals surface area contributed by atoms with Gasteiger partial charge in [0.2, 0.25) is 5.91 Å². The van der Waals surface area contributed by atoms with E-state index >= 15 is 0 Å². The van der Waals surface area contributed by atoms with E-state index in [2.05, 4.69) is 10.1 Å². The first kappa shape index (κ1) is 19.4. The van der Waals surface area contributed by atoms with Crippen LogP contribution in [-0.2, 0) is 9.53 Å². The van der Waals surface area contributed by atoms with E-state index < -0.39 is 12.0 Å². The molecular formula is C15H23ClN2O3. The molecule has 0 fully saturated rings. The maximum absolute atomic E-state index is 12.0. The number of amides is 1. The molecule has 1 aromatic carbocycles. The van der Waals surface area contributed by atoms with Gasteiger partial charge >= 0.3 is 5.97 Å². The van der Waals surface area contributed by atoms with E-state index in [1.54, 1.807) is 25.1 Å². The Morgan fingerprint density at radius 1 is 1.29 bits per heavy atom. The number of esters is 1. The zero-order valence-electron chi connectivity index (χ0n) is 13.0. The summed E-state index contributed by atoms with van der Waals surface area (Å²) in [5.74, 6) is -0.644. The Morgan fingerprint density at radius 3 is 2.29 bits per heavy atom. The molecule has 0 aliphatic rings. The van der Waals surface area contributed by atoms with Crippen molar-refractivity contribution in [2.75, 3.05) is 12.4 Å². The number of nitrogens with two attached hydrogens (primary N) is 1. The van der Waals surface area contributed by atoms with Crippen LogP contribution in [0.3, 0.4) is 0 Å². The van der Waals surface area contributed by atoms with E-state index in [-0.39, 0.29) is 23.7 Å². The van der Waals surface area contributed by atoms with Crippen LogP contribution in [0.2, 0.25) is 0 Å². The van der Waals surface area contributed by atoms with Gasteiger partial charge < -0.3 is 15.8 Å². The van der Waals surface area contributed by atoms with Crippen LogP contribution in [0.1, 0.15) is 36.7 Å². The lowest BCUT2D eigenvalue weighted by atomic mass is 9.87. The molecule has 5 nitrogen and oxygen atoms in total. The number of anilines is 1. The molecule has 0 saturated heterocycles. The topological polar surface area (TPSA) is 81.4 Å². The summed E-state index contributed by atoms with van der Waals surface area (Å²) in [4.78, 5) is 23.5. The minimum Gasteiger partial charge on any atom is -0.465 e. The number of hydrogen-bond acceptors (Lipinski definition) is 4. The van der Waals surface area contributed by atoms with Gasteiger partial charge in [-0.3, -0.25) is 4.79 Å². The van der Waals surface area contributed by atoms with Crippen molar-refractivity contribution in [2.24, 2.45) is 11.1 Å². The van der Waals surface area contributed by atoms with Crippen molar-refractivity contribution in [2.45, 2.75) is 33.7 Å². The quantitative estimate of drug-likeness (QED) is 0.840. The van der Waals surface area contributed by atoms with Gasteiger partial charge in [0.25, 0.3) is 0 Å². The lowest BCUT2D eigenvalue weighted by Gasteiger charge is -2.25. The third kappa shape index (κ3) is 5.02. The number of hydrogen-bond donors (Lipinski definition) is 2. The first-order valence-electron chi connectivity index (χ1n) is 6.42. The Labute approximate surface area is 131 Å². The minimum absolute atomic E-state index is 0. The highest BCUT2D eigenvalue weighted by Gasteiger charge is 2.27. The van der Waals surface area contributed by atoms with Crippen LogP contribution in [-0.4, -0.2) is 25.0 Å². The summed E-state index contributed by atoms with van der Waals surface area (Å²) in [7, 11) is 1.33. The van der Waals surface area contributed by atoms with Gasteiger partial charge in [-0.05, 0) is 36.1 Å². The van der Waals surface area contributed by atoms with Crippen LogP contribution in [0.25, 0.3) is 0 Å². The summed E-state index contributed by atoms with van der Waals surface area (Å²) in [6, 6.07) is 4.40. The van der Waals surface area contributed by atoms with Gasteiger partial charge in [0.15, 0.2) is 0 Å². The van der Waals surface area contributed by atoms with Crippen molar-refractivity contribution in [3.05, 3.63) is 29.3 Å². The van der Waals surface area contributed by atoms with Gasteiger partial charge in [-0.25, -0.2) is 4.79 Å². The highest BCUT2D eigenvalue weighted by atomic mass is 35.5. The fraction of sp³-hybridized carbons (Fsp3) is 0.467. The SMILES string of the molecule is COC(=O)c1ccc(NC(=O)[C@@H](N)C(C)(C)C)cc1C.Cl. The number of carbonyl (C=O) groups is 2. The van der Waals surface area contributed by atoms with E-state index in [0.29, 0.717) is 11.3 Å². The molecule has 1 atom stereocenters. The maximum Gasteiger partial charge on any atom is 0.338 e. The predicted octanol–water partition coefficient (Wildman–Crippen LogP) is 2.52. The number of ether oxygens (including phenoxy) is 1. The van der Waals surface area contributed by atoms with E-state index in [4.69, 9.17) is 5.73 Å². The van der Waals surface area contributed by atoms with Crippen LogP contribution in [0, 0.1) is 12.3 Å². The molecule has 0 unspecified atom stereocenters. The average Bonchev–Trinajstić information content (AvgIpc) is 2.36. The normalized spacial score (nSPS) is 12.1. The van der Waals surface area contributed by atoms with E-state index in [1.165, 1.54) is 7.11 Å². The van der Waals surface area contributed by atoms with Crippen LogP contribution in [0.4, 0.5) is 5.69 Å². The van der Waals surface area contributed by atoms with E-state index in [0.717, 1.165) is 5.56 Å². The summed E-state index contributed by atoms with van der Waals surface area (Å²) in [6.45, 7) is 7.50. The van der Waals surface area contributed by atoms with Crippen molar-refractivity contribution in [1.82, 2.24) is 0 Å². The molecule has 0 aliphatic heterocycles. The molecule has 3 N–H and O–H groups in total. The molecule has 1 amide bonds. The molecule has 0 saturated carbocycles. The van der Waals surface area contributed by atoms with Crippen molar-refractivity contribution in [3.8, 4) is 0 Å². The molecule has 0 heterocycles. The Hall–Kier alpha value is -1.59. The molecule has 21 heavy (non-hydrogen) atoms. The smallest absolute Gasteiger partial charge is 0.338 e. The molecule has 0 bridgehead atoms. The minimum atomic E-state index is -0.608. The number of aryl methyl sites for hydroxylation is 1. The Kier molecular flexibility index (Phi) is 6.86. The molecular weight excluding hydrogens is 292 g/mol. The summed E-state index contributed by atoms with van der Waals surface area (Å²) in [5, 5.41) is 2.76. The van der Waals surface area contributed by atoms with Crippen LogP contribution in [0.5, 0.6) is 0 Å². The van der Waals surface area contributed by atoms with Crippen LogP contribution >= 0.6 is 12.4 Å². The standard InChI is InChI=1S/C15H22N2O3.ClH/c1-9-8-10(6-7-11(9)14(19)20-5)17-13(18)12(16)15(2,3)4;/h6-8,12H,16H2,1-5H3,(H,17,18);1H/t12-;/m1./s1.